The molecule has 1 aromatic carbocycles. The van der Waals surface area contributed by atoms with Crippen molar-refractivity contribution >= 4 is 38.8 Å². The molecule has 24 heavy (non-hydrogen) atoms. The van der Waals surface area contributed by atoms with Crippen LogP contribution < -0.4 is 21.3 Å². The van der Waals surface area contributed by atoms with Crippen LogP contribution in [0.4, 0.5) is 11.4 Å². The highest BCUT2D eigenvalue weighted by Crippen LogP contribution is 2.35. The number of nitrogens with two attached hydrogens (primary N) is 1. The fourth-order valence-corrected chi connectivity index (χ4v) is 3.69. The van der Waals surface area contributed by atoms with Crippen LogP contribution in [-0.2, 0) is 0 Å². The Balaban J connectivity index is 2.04. The molecule has 0 aliphatic carbocycles. The highest BCUT2D eigenvalue weighted by molar-refractivity contribution is 7.21. The molecule has 4 N–H and O–H groups in total. The highest BCUT2D eigenvalue weighted by atomic mass is 32.1. The van der Waals surface area contributed by atoms with E-state index in [0.717, 1.165) is 22.5 Å². The van der Waals surface area contributed by atoms with Crippen LogP contribution in [0.3, 0.4) is 0 Å². The van der Waals surface area contributed by atoms with Crippen LogP contribution in [-0.4, -0.2) is 18.0 Å². The van der Waals surface area contributed by atoms with E-state index in [2.05, 4.69) is 10.3 Å². The number of methoxy groups -OCH3 is 1. The monoisotopic (exact) mass is 343 g/mol. The Bertz CT molecular complexity index is 1000. The predicted molar refractivity (Wildman–Crippen MR) is 97.3 cm³/mol. The smallest absolute Gasteiger partial charge is 0.268 e. The highest BCUT2D eigenvalue weighted by Gasteiger charge is 2.19. The van der Waals surface area contributed by atoms with Gasteiger partial charge in [0.15, 0.2) is 0 Å². The first-order valence-corrected chi connectivity index (χ1v) is 8.10. The van der Waals surface area contributed by atoms with E-state index in [4.69, 9.17) is 10.5 Å². The summed E-state index contributed by atoms with van der Waals surface area (Å²) in [5, 5.41) is 3.54. The Hall–Kier alpha value is -2.80. The van der Waals surface area contributed by atoms with E-state index in [1.165, 1.54) is 6.07 Å². The molecule has 0 fully saturated rings. The third-order valence-electron chi connectivity index (χ3n) is 3.73. The first-order valence-electron chi connectivity index (χ1n) is 7.28. The molecular formula is C17H17N3O3S. The normalized spacial score (nSPS) is 10.8. The molecule has 0 saturated carbocycles. The number of aromatic nitrogens is 1. The number of aromatic amines is 1. The molecule has 2 heterocycles. The number of nitrogen functional groups attached to an aromatic ring is 1. The molecule has 124 valence electrons. The molecule has 0 radical (unpaired) electrons. The van der Waals surface area contributed by atoms with Gasteiger partial charge in [0.1, 0.15) is 15.5 Å². The second-order valence-electron chi connectivity index (χ2n) is 5.52. The molecule has 0 saturated heterocycles. The van der Waals surface area contributed by atoms with Crippen LogP contribution in [0.1, 0.15) is 20.8 Å². The van der Waals surface area contributed by atoms with Crippen LogP contribution in [0.25, 0.3) is 10.2 Å². The molecule has 0 unspecified atom stereocenters. The van der Waals surface area contributed by atoms with E-state index < -0.39 is 0 Å². The van der Waals surface area contributed by atoms with Crippen molar-refractivity contribution in [2.24, 2.45) is 0 Å². The zero-order valence-corrected chi connectivity index (χ0v) is 14.3. The van der Waals surface area contributed by atoms with Crippen molar-refractivity contribution < 1.29 is 9.53 Å². The average molecular weight is 343 g/mol. The molecule has 0 aliphatic heterocycles. The van der Waals surface area contributed by atoms with Gasteiger partial charge in [0.25, 0.3) is 5.91 Å². The number of ether oxygens (including phenoxy) is 1. The minimum absolute atomic E-state index is 0.214. The minimum atomic E-state index is -0.335. The number of hydrogen-bond donors (Lipinski definition) is 3. The predicted octanol–water partition coefficient (Wildman–Crippen LogP) is 3.05. The van der Waals surface area contributed by atoms with Gasteiger partial charge in [-0.25, -0.2) is 0 Å². The van der Waals surface area contributed by atoms with Crippen LogP contribution >= 0.6 is 11.3 Å². The van der Waals surface area contributed by atoms with Gasteiger partial charge < -0.3 is 20.8 Å². The van der Waals surface area contributed by atoms with Crippen LogP contribution in [0.5, 0.6) is 5.75 Å². The maximum atomic E-state index is 12.7. The van der Waals surface area contributed by atoms with Gasteiger partial charge in [0, 0.05) is 11.5 Å². The zero-order chi connectivity index (χ0) is 17.4. The maximum Gasteiger partial charge on any atom is 0.268 e. The fourth-order valence-electron chi connectivity index (χ4n) is 2.61. The SMILES string of the molecule is COc1ccc(C)cc1NC(=O)c1sc2[nH]c(=O)cc(C)c2c1N. The molecule has 6 nitrogen and oxygen atoms in total. The molecule has 0 aliphatic rings. The number of rotatable bonds is 3. The summed E-state index contributed by atoms with van der Waals surface area (Å²) in [7, 11) is 1.54. The zero-order valence-electron chi connectivity index (χ0n) is 13.5. The molecule has 7 heteroatoms. The van der Waals surface area contributed by atoms with E-state index in [9.17, 15) is 9.59 Å². The summed E-state index contributed by atoms with van der Waals surface area (Å²) in [4.78, 5) is 27.9. The van der Waals surface area contributed by atoms with E-state index in [0.29, 0.717) is 32.2 Å². The summed E-state index contributed by atoms with van der Waals surface area (Å²) >= 11 is 1.16. The first-order chi connectivity index (χ1) is 11.4. The molecule has 3 aromatic rings. The summed E-state index contributed by atoms with van der Waals surface area (Å²) in [5.74, 6) is 0.232. The number of thiophene rings is 1. The molecule has 0 spiro atoms. The second kappa shape index (κ2) is 6.01. The number of pyridine rings is 1. The van der Waals surface area contributed by atoms with Crippen molar-refractivity contribution in [1.82, 2.24) is 4.98 Å². The lowest BCUT2D eigenvalue weighted by molar-refractivity contribution is 0.103. The summed E-state index contributed by atoms with van der Waals surface area (Å²) in [6, 6.07) is 6.99. The van der Waals surface area contributed by atoms with Crippen molar-refractivity contribution in [3.8, 4) is 5.75 Å². The topological polar surface area (TPSA) is 97.2 Å². The van der Waals surface area contributed by atoms with Gasteiger partial charge in [-0.3, -0.25) is 9.59 Å². The third kappa shape index (κ3) is 2.74. The third-order valence-corrected chi connectivity index (χ3v) is 4.85. The lowest BCUT2D eigenvalue weighted by atomic mass is 10.1. The molecule has 0 bridgehead atoms. The van der Waals surface area contributed by atoms with Gasteiger partial charge in [-0.05, 0) is 37.1 Å². The molecule has 1 amide bonds. The summed E-state index contributed by atoms with van der Waals surface area (Å²) < 4.78 is 5.27. The van der Waals surface area contributed by atoms with E-state index >= 15 is 0 Å². The second-order valence-corrected chi connectivity index (χ2v) is 6.54. The largest absolute Gasteiger partial charge is 0.495 e. The number of hydrogen-bond acceptors (Lipinski definition) is 5. The molecule has 3 rings (SSSR count). The number of carbonyl (C=O) groups is 1. The summed E-state index contributed by atoms with van der Waals surface area (Å²) in [6.07, 6.45) is 0. The Morgan fingerprint density at radius 1 is 1.29 bits per heavy atom. The number of nitrogens with one attached hydrogen (secondary N) is 2. The standard InChI is InChI=1S/C17H17N3O3S/c1-8-4-5-11(23-3)10(6-8)19-16(22)15-14(18)13-9(2)7-12(21)20-17(13)24-15/h4-7H,18H2,1-3H3,(H,19,22)(H,20,21). The lowest BCUT2D eigenvalue weighted by Crippen LogP contribution is -2.13. The Morgan fingerprint density at radius 2 is 2.04 bits per heavy atom. The maximum absolute atomic E-state index is 12.7. The molecule has 2 aromatic heterocycles. The Morgan fingerprint density at radius 3 is 2.75 bits per heavy atom. The number of H-pyrrole nitrogens is 1. The molecular weight excluding hydrogens is 326 g/mol. The van der Waals surface area contributed by atoms with Crippen molar-refractivity contribution in [3.63, 3.8) is 0 Å². The number of benzene rings is 1. The van der Waals surface area contributed by atoms with Crippen molar-refractivity contribution in [1.29, 1.82) is 0 Å². The number of amides is 1. The Kier molecular flexibility index (Phi) is 4.02. The van der Waals surface area contributed by atoms with Gasteiger partial charge in [-0.1, -0.05) is 6.07 Å². The molecule has 0 atom stereocenters. The van der Waals surface area contributed by atoms with Crippen LogP contribution in [0.15, 0.2) is 29.1 Å². The van der Waals surface area contributed by atoms with Gasteiger partial charge >= 0.3 is 0 Å². The fraction of sp³-hybridized carbons (Fsp3) is 0.176. The van der Waals surface area contributed by atoms with E-state index in [-0.39, 0.29) is 11.5 Å². The summed E-state index contributed by atoms with van der Waals surface area (Å²) in [5.41, 5.74) is 8.61. The van der Waals surface area contributed by atoms with Gasteiger partial charge in [0.05, 0.1) is 18.5 Å². The van der Waals surface area contributed by atoms with E-state index in [1.54, 1.807) is 20.1 Å². The lowest BCUT2D eigenvalue weighted by Gasteiger charge is -2.10. The number of aryl methyl sites for hydroxylation is 2. The summed E-state index contributed by atoms with van der Waals surface area (Å²) in [6.45, 7) is 3.73. The Labute approximate surface area is 142 Å². The number of carbonyl (C=O) groups excluding carboxylic acids is 1. The van der Waals surface area contributed by atoms with Gasteiger partial charge in [-0.2, -0.15) is 0 Å². The van der Waals surface area contributed by atoms with Crippen molar-refractivity contribution in [2.45, 2.75) is 13.8 Å². The van der Waals surface area contributed by atoms with Crippen LogP contribution in [0, 0.1) is 13.8 Å². The first kappa shape index (κ1) is 16.1. The van der Waals surface area contributed by atoms with Gasteiger partial charge in [0.2, 0.25) is 5.56 Å². The minimum Gasteiger partial charge on any atom is -0.495 e. The van der Waals surface area contributed by atoms with Crippen molar-refractivity contribution in [3.05, 3.63) is 50.6 Å². The number of anilines is 2. The average Bonchev–Trinajstić information content (AvgIpc) is 2.84. The van der Waals surface area contributed by atoms with E-state index in [1.807, 2.05) is 19.1 Å². The van der Waals surface area contributed by atoms with Gasteiger partial charge in [-0.15, -0.1) is 11.3 Å². The number of fused-ring (bicyclic) bond motifs is 1. The van der Waals surface area contributed by atoms with Crippen LogP contribution in [0.2, 0.25) is 0 Å². The van der Waals surface area contributed by atoms with Crippen molar-refractivity contribution in [2.75, 3.05) is 18.2 Å². The quantitative estimate of drug-likeness (QED) is 0.681.